The number of carbonyl (C=O) groups excluding carboxylic acids is 1. The van der Waals surface area contributed by atoms with E-state index >= 15 is 0 Å². The Bertz CT molecular complexity index is 360. The molecule has 0 saturated carbocycles. The molecule has 1 heterocycles. The van der Waals surface area contributed by atoms with Crippen LogP contribution >= 0.6 is 11.3 Å². The summed E-state index contributed by atoms with van der Waals surface area (Å²) in [5.41, 5.74) is 0. The maximum Gasteiger partial charge on any atom is 0.221 e. The van der Waals surface area contributed by atoms with Crippen molar-refractivity contribution in [2.24, 2.45) is 0 Å². The van der Waals surface area contributed by atoms with Crippen molar-refractivity contribution in [2.45, 2.75) is 46.2 Å². The molecular weight excluding hydrogens is 232 g/mol. The lowest BCUT2D eigenvalue weighted by Gasteiger charge is -2.13. The smallest absolute Gasteiger partial charge is 0.221 e. The summed E-state index contributed by atoms with van der Waals surface area (Å²) in [4.78, 5) is 14.2. The third-order valence-corrected chi connectivity index (χ3v) is 3.65. The Morgan fingerprint density at radius 2 is 2.06 bits per heavy atom. The van der Waals surface area contributed by atoms with Gasteiger partial charge in [0.25, 0.3) is 0 Å². The monoisotopic (exact) mass is 254 g/mol. The Kier molecular flexibility index (Phi) is 5.65. The maximum atomic E-state index is 11.7. The summed E-state index contributed by atoms with van der Waals surface area (Å²) >= 11 is 1.74. The molecule has 4 heteroatoms. The largest absolute Gasteiger partial charge is 0.349 e. The molecule has 0 spiro atoms. The van der Waals surface area contributed by atoms with Gasteiger partial charge >= 0.3 is 0 Å². The van der Waals surface area contributed by atoms with Crippen molar-refractivity contribution in [3.8, 4) is 0 Å². The summed E-state index contributed by atoms with van der Waals surface area (Å²) in [7, 11) is 0. The van der Waals surface area contributed by atoms with Crippen molar-refractivity contribution >= 4 is 17.2 Å². The van der Waals surface area contributed by atoms with E-state index in [2.05, 4.69) is 43.5 Å². The highest BCUT2D eigenvalue weighted by Gasteiger charge is 2.10. The van der Waals surface area contributed by atoms with Crippen LogP contribution in [0.3, 0.4) is 0 Å². The molecule has 0 bridgehead atoms. The lowest BCUT2D eigenvalue weighted by molar-refractivity contribution is -0.121. The molecule has 0 aliphatic heterocycles. The molecule has 0 aliphatic carbocycles. The van der Waals surface area contributed by atoms with E-state index in [0.29, 0.717) is 12.5 Å². The maximum absolute atomic E-state index is 11.7. The highest BCUT2D eigenvalue weighted by atomic mass is 32.1. The summed E-state index contributed by atoms with van der Waals surface area (Å²) in [5, 5.41) is 6.25. The predicted molar refractivity (Wildman–Crippen MR) is 73.4 cm³/mol. The van der Waals surface area contributed by atoms with Crippen molar-refractivity contribution in [3.63, 3.8) is 0 Å². The summed E-state index contributed by atoms with van der Waals surface area (Å²) in [6.07, 6.45) is 0.535. The number of aryl methyl sites for hydroxylation is 1. The second-order valence-electron chi connectivity index (χ2n) is 4.60. The van der Waals surface area contributed by atoms with Crippen LogP contribution in [-0.2, 0) is 4.79 Å². The van der Waals surface area contributed by atoms with Crippen molar-refractivity contribution in [1.29, 1.82) is 0 Å². The zero-order valence-corrected chi connectivity index (χ0v) is 11.9. The van der Waals surface area contributed by atoms with Crippen LogP contribution in [0.1, 0.15) is 43.0 Å². The third kappa shape index (κ3) is 5.33. The van der Waals surface area contributed by atoms with Gasteiger partial charge in [-0.2, -0.15) is 0 Å². The summed E-state index contributed by atoms with van der Waals surface area (Å²) < 4.78 is 0. The van der Waals surface area contributed by atoms with Crippen LogP contribution in [0.5, 0.6) is 0 Å². The normalized spacial score (nSPS) is 12.8. The minimum absolute atomic E-state index is 0.108. The lowest BCUT2D eigenvalue weighted by atomic mass is 10.2. The van der Waals surface area contributed by atoms with Crippen LogP contribution in [-0.4, -0.2) is 18.5 Å². The molecule has 0 fully saturated rings. The van der Waals surface area contributed by atoms with Gasteiger partial charge in [-0.05, 0) is 26.0 Å². The van der Waals surface area contributed by atoms with E-state index in [1.165, 1.54) is 9.75 Å². The van der Waals surface area contributed by atoms with Gasteiger partial charge in [0, 0.05) is 28.8 Å². The molecule has 1 unspecified atom stereocenters. The van der Waals surface area contributed by atoms with Gasteiger partial charge in [0.05, 0.1) is 6.04 Å². The zero-order valence-electron chi connectivity index (χ0n) is 11.0. The predicted octanol–water partition coefficient (Wildman–Crippen LogP) is 2.62. The average Bonchev–Trinajstić information content (AvgIpc) is 2.64. The minimum Gasteiger partial charge on any atom is -0.349 e. The fraction of sp³-hybridized carbons (Fsp3) is 0.615. The molecule has 1 atom stereocenters. The summed E-state index contributed by atoms with van der Waals surface area (Å²) in [6.45, 7) is 9.00. The molecule has 1 aromatic heterocycles. The Labute approximate surface area is 108 Å². The standard InChI is InChI=1S/C13H22N2OS/c1-9(2)14-8-7-13(16)15-11(4)12-6-5-10(3)17-12/h5-6,9,11,14H,7-8H2,1-4H3,(H,15,16). The molecule has 0 aliphatic rings. The third-order valence-electron chi connectivity index (χ3n) is 2.47. The second-order valence-corrected chi connectivity index (χ2v) is 5.92. The highest BCUT2D eigenvalue weighted by Crippen LogP contribution is 2.22. The van der Waals surface area contributed by atoms with E-state index < -0.39 is 0 Å². The van der Waals surface area contributed by atoms with Crippen LogP contribution in [0.25, 0.3) is 0 Å². The van der Waals surface area contributed by atoms with Gasteiger partial charge in [0.1, 0.15) is 0 Å². The molecule has 1 aromatic rings. The van der Waals surface area contributed by atoms with Crippen LogP contribution in [0.4, 0.5) is 0 Å². The first-order valence-corrected chi connectivity index (χ1v) is 6.89. The lowest BCUT2D eigenvalue weighted by Crippen LogP contribution is -2.31. The van der Waals surface area contributed by atoms with Crippen molar-refractivity contribution < 1.29 is 4.79 Å². The molecule has 1 amide bonds. The molecule has 0 aromatic carbocycles. The number of thiophene rings is 1. The SMILES string of the molecule is Cc1ccc(C(C)NC(=O)CCNC(C)C)s1. The first kappa shape index (κ1) is 14.2. The van der Waals surface area contributed by atoms with Gasteiger partial charge in [0.2, 0.25) is 5.91 Å². The fourth-order valence-corrected chi connectivity index (χ4v) is 2.42. The Balaban J connectivity index is 2.31. The Morgan fingerprint density at radius 3 is 2.59 bits per heavy atom. The van der Waals surface area contributed by atoms with E-state index in [9.17, 15) is 4.79 Å². The van der Waals surface area contributed by atoms with E-state index in [1.54, 1.807) is 11.3 Å². The Hall–Kier alpha value is -0.870. The van der Waals surface area contributed by atoms with Gasteiger partial charge in [0.15, 0.2) is 0 Å². The number of carbonyl (C=O) groups is 1. The zero-order chi connectivity index (χ0) is 12.8. The second kappa shape index (κ2) is 6.77. The number of amides is 1. The van der Waals surface area contributed by atoms with Crippen LogP contribution in [0, 0.1) is 6.92 Å². The highest BCUT2D eigenvalue weighted by molar-refractivity contribution is 7.12. The number of rotatable bonds is 6. The average molecular weight is 254 g/mol. The van der Waals surface area contributed by atoms with Crippen molar-refractivity contribution in [2.75, 3.05) is 6.54 Å². The van der Waals surface area contributed by atoms with E-state index in [1.807, 2.05) is 6.92 Å². The van der Waals surface area contributed by atoms with Gasteiger partial charge in [-0.15, -0.1) is 11.3 Å². The van der Waals surface area contributed by atoms with Crippen LogP contribution in [0.2, 0.25) is 0 Å². The van der Waals surface area contributed by atoms with E-state index in [-0.39, 0.29) is 11.9 Å². The van der Waals surface area contributed by atoms with Gasteiger partial charge in [-0.3, -0.25) is 4.79 Å². The molecule has 0 radical (unpaired) electrons. The first-order chi connectivity index (χ1) is 7.99. The van der Waals surface area contributed by atoms with Crippen LogP contribution < -0.4 is 10.6 Å². The summed E-state index contributed by atoms with van der Waals surface area (Å²) in [6, 6.07) is 4.71. The fourth-order valence-electron chi connectivity index (χ4n) is 1.55. The van der Waals surface area contributed by atoms with Gasteiger partial charge in [-0.25, -0.2) is 0 Å². The molecule has 96 valence electrons. The Morgan fingerprint density at radius 1 is 1.35 bits per heavy atom. The van der Waals surface area contributed by atoms with Gasteiger partial charge < -0.3 is 10.6 Å². The molecular formula is C13H22N2OS. The van der Waals surface area contributed by atoms with Crippen molar-refractivity contribution in [1.82, 2.24) is 10.6 Å². The van der Waals surface area contributed by atoms with Gasteiger partial charge in [-0.1, -0.05) is 13.8 Å². The summed E-state index contributed by atoms with van der Waals surface area (Å²) in [5.74, 6) is 0.108. The number of hydrogen-bond acceptors (Lipinski definition) is 3. The molecule has 17 heavy (non-hydrogen) atoms. The van der Waals surface area contributed by atoms with E-state index in [0.717, 1.165) is 6.54 Å². The molecule has 2 N–H and O–H groups in total. The topological polar surface area (TPSA) is 41.1 Å². The van der Waals surface area contributed by atoms with E-state index in [4.69, 9.17) is 0 Å². The molecule has 0 saturated heterocycles. The number of nitrogens with one attached hydrogen (secondary N) is 2. The van der Waals surface area contributed by atoms with Crippen molar-refractivity contribution in [3.05, 3.63) is 21.9 Å². The molecule has 3 nitrogen and oxygen atoms in total. The van der Waals surface area contributed by atoms with Crippen LogP contribution in [0.15, 0.2) is 12.1 Å². The first-order valence-electron chi connectivity index (χ1n) is 6.08. The molecule has 1 rings (SSSR count). The quantitative estimate of drug-likeness (QED) is 0.819. The minimum atomic E-state index is 0.108. The number of hydrogen-bond donors (Lipinski definition) is 2.